The molecule has 0 radical (unpaired) electrons. The molecule has 1 atom stereocenters. The van der Waals surface area contributed by atoms with Crippen LogP contribution in [0, 0.1) is 0 Å². The topological polar surface area (TPSA) is 95.7 Å². The second kappa shape index (κ2) is 5.75. The lowest BCUT2D eigenvalue weighted by atomic mass is 10.2. The fourth-order valence-corrected chi connectivity index (χ4v) is 1.70. The Morgan fingerprint density at radius 1 is 1.63 bits per heavy atom. The Labute approximate surface area is 111 Å². The van der Waals surface area contributed by atoms with Crippen LogP contribution in [0.15, 0.2) is 6.07 Å². The Balaban J connectivity index is 2.20. The molecule has 0 saturated carbocycles. The van der Waals surface area contributed by atoms with Gasteiger partial charge in [0.2, 0.25) is 0 Å². The minimum atomic E-state index is -0.541. The van der Waals surface area contributed by atoms with Gasteiger partial charge in [-0.25, -0.2) is 9.78 Å². The SMILES string of the molecule is COC(=O)c1cc(OC)c(N)c(NC[C@@H]2CCO2)n1. The lowest BCUT2D eigenvalue weighted by Gasteiger charge is -2.27. The highest BCUT2D eigenvalue weighted by molar-refractivity contribution is 5.90. The van der Waals surface area contributed by atoms with E-state index in [1.807, 2.05) is 0 Å². The number of carbonyl (C=O) groups excluding carboxylic acids is 1. The number of hydrogen-bond acceptors (Lipinski definition) is 7. The Morgan fingerprint density at radius 3 is 2.89 bits per heavy atom. The molecule has 0 aliphatic carbocycles. The number of carbonyl (C=O) groups is 1. The zero-order valence-corrected chi connectivity index (χ0v) is 10.9. The molecule has 1 fully saturated rings. The molecule has 1 aliphatic heterocycles. The number of methoxy groups -OCH3 is 2. The minimum absolute atomic E-state index is 0.144. The summed E-state index contributed by atoms with van der Waals surface area (Å²) in [6.07, 6.45) is 1.16. The molecule has 0 bridgehead atoms. The number of rotatable bonds is 5. The maximum absolute atomic E-state index is 11.5. The van der Waals surface area contributed by atoms with Crippen molar-refractivity contribution in [2.75, 3.05) is 38.4 Å². The first-order valence-electron chi connectivity index (χ1n) is 5.94. The first-order chi connectivity index (χ1) is 9.15. The van der Waals surface area contributed by atoms with E-state index in [0.717, 1.165) is 13.0 Å². The number of aromatic nitrogens is 1. The molecule has 0 aromatic carbocycles. The van der Waals surface area contributed by atoms with Gasteiger partial charge in [-0.2, -0.15) is 0 Å². The van der Waals surface area contributed by atoms with Gasteiger partial charge < -0.3 is 25.3 Å². The minimum Gasteiger partial charge on any atom is -0.494 e. The maximum atomic E-state index is 11.5. The van der Waals surface area contributed by atoms with Crippen LogP contribution in [0.3, 0.4) is 0 Å². The standard InChI is InChI=1S/C12H17N3O4/c1-17-9-5-8(12(16)18-2)15-11(10(9)13)14-6-7-3-4-19-7/h5,7H,3-4,6,13H2,1-2H3,(H,14,15)/t7-/m0/s1. The van der Waals surface area contributed by atoms with Gasteiger partial charge in [0, 0.05) is 19.2 Å². The molecular weight excluding hydrogens is 250 g/mol. The summed E-state index contributed by atoms with van der Waals surface area (Å²) in [6, 6.07) is 1.45. The molecule has 1 aromatic heterocycles. The molecule has 1 saturated heterocycles. The van der Waals surface area contributed by atoms with Gasteiger partial charge in [0.05, 0.1) is 20.3 Å². The van der Waals surface area contributed by atoms with Crippen LogP contribution in [0.1, 0.15) is 16.9 Å². The first-order valence-corrected chi connectivity index (χ1v) is 5.94. The molecule has 104 valence electrons. The van der Waals surface area contributed by atoms with Gasteiger partial charge in [0.25, 0.3) is 0 Å². The summed E-state index contributed by atoms with van der Waals surface area (Å²) in [4.78, 5) is 15.7. The van der Waals surface area contributed by atoms with E-state index in [1.54, 1.807) is 0 Å². The normalized spacial score (nSPS) is 17.5. The molecule has 0 amide bonds. The van der Waals surface area contributed by atoms with Crippen molar-refractivity contribution in [2.24, 2.45) is 0 Å². The summed E-state index contributed by atoms with van der Waals surface area (Å²) in [6.45, 7) is 1.37. The molecular formula is C12H17N3O4. The van der Waals surface area contributed by atoms with E-state index in [2.05, 4.69) is 15.0 Å². The largest absolute Gasteiger partial charge is 0.494 e. The van der Waals surface area contributed by atoms with E-state index in [1.165, 1.54) is 20.3 Å². The highest BCUT2D eigenvalue weighted by Crippen LogP contribution is 2.29. The molecule has 3 N–H and O–H groups in total. The monoisotopic (exact) mass is 267 g/mol. The summed E-state index contributed by atoms with van der Waals surface area (Å²) in [5.74, 6) is 0.240. The van der Waals surface area contributed by atoms with Gasteiger partial charge in [0.1, 0.15) is 11.4 Å². The molecule has 1 aromatic rings. The number of hydrogen-bond donors (Lipinski definition) is 2. The van der Waals surface area contributed by atoms with Crippen LogP contribution in [-0.4, -0.2) is 44.4 Å². The van der Waals surface area contributed by atoms with E-state index in [0.29, 0.717) is 23.8 Å². The fraction of sp³-hybridized carbons (Fsp3) is 0.500. The van der Waals surface area contributed by atoms with Crippen molar-refractivity contribution in [2.45, 2.75) is 12.5 Å². The number of esters is 1. The molecule has 7 nitrogen and oxygen atoms in total. The molecule has 19 heavy (non-hydrogen) atoms. The Bertz CT molecular complexity index is 474. The van der Waals surface area contributed by atoms with E-state index >= 15 is 0 Å². The van der Waals surface area contributed by atoms with Crippen molar-refractivity contribution in [3.63, 3.8) is 0 Å². The van der Waals surface area contributed by atoms with Crippen molar-refractivity contribution < 1.29 is 19.0 Å². The third-order valence-corrected chi connectivity index (χ3v) is 2.93. The van der Waals surface area contributed by atoms with Gasteiger partial charge in [-0.1, -0.05) is 0 Å². The fourth-order valence-electron chi connectivity index (χ4n) is 1.70. The van der Waals surface area contributed by atoms with E-state index < -0.39 is 5.97 Å². The third-order valence-electron chi connectivity index (χ3n) is 2.93. The quantitative estimate of drug-likeness (QED) is 0.756. The van der Waals surface area contributed by atoms with Crippen molar-refractivity contribution in [3.8, 4) is 5.75 Å². The van der Waals surface area contributed by atoms with Crippen LogP contribution in [0.2, 0.25) is 0 Å². The van der Waals surface area contributed by atoms with Gasteiger partial charge in [0.15, 0.2) is 11.5 Å². The summed E-state index contributed by atoms with van der Waals surface area (Å²) >= 11 is 0. The molecule has 1 aliphatic rings. The summed E-state index contributed by atoms with van der Waals surface area (Å²) in [5.41, 5.74) is 6.41. The van der Waals surface area contributed by atoms with Crippen molar-refractivity contribution in [3.05, 3.63) is 11.8 Å². The van der Waals surface area contributed by atoms with Gasteiger partial charge in [-0.3, -0.25) is 0 Å². The maximum Gasteiger partial charge on any atom is 0.356 e. The van der Waals surface area contributed by atoms with Crippen LogP contribution in [-0.2, 0) is 9.47 Å². The Kier molecular flexibility index (Phi) is 4.06. The number of nitrogens with zero attached hydrogens (tertiary/aromatic N) is 1. The van der Waals surface area contributed by atoms with Crippen LogP contribution in [0.4, 0.5) is 11.5 Å². The van der Waals surface area contributed by atoms with Crippen LogP contribution >= 0.6 is 0 Å². The predicted octanol–water partition coefficient (Wildman–Crippen LogP) is 0.660. The summed E-state index contributed by atoms with van der Waals surface area (Å²) < 4.78 is 15.1. The average molecular weight is 267 g/mol. The highest BCUT2D eigenvalue weighted by atomic mass is 16.5. The highest BCUT2D eigenvalue weighted by Gasteiger charge is 2.20. The molecule has 7 heteroatoms. The summed E-state index contributed by atoms with van der Waals surface area (Å²) in [7, 11) is 2.77. The zero-order valence-electron chi connectivity index (χ0n) is 10.9. The number of ether oxygens (including phenoxy) is 3. The van der Waals surface area contributed by atoms with Crippen LogP contribution in [0.5, 0.6) is 5.75 Å². The van der Waals surface area contributed by atoms with E-state index in [-0.39, 0.29) is 11.8 Å². The second-order valence-electron chi connectivity index (χ2n) is 4.13. The van der Waals surface area contributed by atoms with E-state index in [4.69, 9.17) is 15.2 Å². The van der Waals surface area contributed by atoms with Gasteiger partial charge in [-0.05, 0) is 6.42 Å². The smallest absolute Gasteiger partial charge is 0.356 e. The van der Waals surface area contributed by atoms with Crippen molar-refractivity contribution >= 4 is 17.5 Å². The molecule has 0 unspecified atom stereocenters. The first kappa shape index (κ1) is 13.4. The summed E-state index contributed by atoms with van der Waals surface area (Å²) in [5, 5.41) is 3.06. The average Bonchev–Trinajstić information content (AvgIpc) is 2.37. The molecule has 0 spiro atoms. The third kappa shape index (κ3) is 2.87. The number of nitrogens with two attached hydrogens (primary N) is 1. The number of nitrogens with one attached hydrogen (secondary N) is 1. The van der Waals surface area contributed by atoms with Crippen LogP contribution < -0.4 is 15.8 Å². The number of pyridine rings is 1. The molecule has 2 rings (SSSR count). The van der Waals surface area contributed by atoms with Gasteiger partial charge in [-0.15, -0.1) is 0 Å². The van der Waals surface area contributed by atoms with E-state index in [9.17, 15) is 4.79 Å². The predicted molar refractivity (Wildman–Crippen MR) is 69.4 cm³/mol. The zero-order chi connectivity index (χ0) is 13.8. The lowest BCUT2D eigenvalue weighted by Crippen LogP contribution is -2.33. The Morgan fingerprint density at radius 2 is 2.37 bits per heavy atom. The number of anilines is 2. The second-order valence-corrected chi connectivity index (χ2v) is 4.13. The van der Waals surface area contributed by atoms with Gasteiger partial charge >= 0.3 is 5.97 Å². The molecule has 2 heterocycles. The Hall–Kier alpha value is -2.02. The van der Waals surface area contributed by atoms with Crippen LogP contribution in [0.25, 0.3) is 0 Å². The number of nitrogen functional groups attached to an aromatic ring is 1. The van der Waals surface area contributed by atoms with Crippen molar-refractivity contribution in [1.82, 2.24) is 4.98 Å². The van der Waals surface area contributed by atoms with Crippen molar-refractivity contribution in [1.29, 1.82) is 0 Å². The lowest BCUT2D eigenvalue weighted by molar-refractivity contribution is -0.0410.